The largest absolute Gasteiger partial charge is 0.393 e. The van der Waals surface area contributed by atoms with Crippen LogP contribution in [0.4, 0.5) is 0 Å². The summed E-state index contributed by atoms with van der Waals surface area (Å²) in [6.07, 6.45) is 6.37. The fourth-order valence-electron chi connectivity index (χ4n) is 11.1. The molecule has 4 aliphatic carbocycles. The van der Waals surface area contributed by atoms with Gasteiger partial charge in [-0.25, -0.2) is 0 Å². The number of hydrogen-bond acceptors (Lipinski definition) is 13. The van der Waals surface area contributed by atoms with Gasteiger partial charge in [-0.3, -0.25) is 14.2 Å². The van der Waals surface area contributed by atoms with E-state index in [1.165, 1.54) is 0 Å². The molecule has 4 saturated carbocycles. The Labute approximate surface area is 371 Å². The zero-order valence-electron chi connectivity index (χ0n) is 38.7. The second-order valence-electron chi connectivity index (χ2n) is 19.7. The van der Waals surface area contributed by atoms with Crippen molar-refractivity contribution >= 4 is 19.4 Å². The average Bonchev–Trinajstić information content (AvgIpc) is 3.57. The standard InChI is InChI=1S/C45H83N2O14P/c1-32(35-8-9-36-42-37(31-39(50)45(35,36)6)44(5)13-11-34(48)29-33(44)30-38(42)49)7-10-40(51)46-14-17-56-20-23-58-22-19-55-16-12-41(52)47-15-18-57-21-24-59-25-26-60-27-28-61-62(53,54)43(2,3)4/h32-39,42,48-50H,7-31H2,1-6H3,(H,46,51)(H,47,52)(H,53,54)/t32-,33?,34-,35?,36?,37?,38-,39+,42?,44+,45-/m1/s1. The van der Waals surface area contributed by atoms with Gasteiger partial charge in [-0.05, 0) is 118 Å². The van der Waals surface area contributed by atoms with E-state index in [1.54, 1.807) is 20.8 Å². The highest BCUT2D eigenvalue weighted by Crippen LogP contribution is 2.68. The summed E-state index contributed by atoms with van der Waals surface area (Å²) in [6.45, 7) is 16.8. The molecule has 362 valence electrons. The first-order chi connectivity index (χ1) is 29.4. The molecule has 4 fully saturated rings. The van der Waals surface area contributed by atoms with Gasteiger partial charge >= 0.3 is 7.60 Å². The number of carbonyl (C=O) groups excluding carboxylic acids is 2. The van der Waals surface area contributed by atoms with E-state index in [-0.39, 0.29) is 84.8 Å². The maximum atomic E-state index is 12.7. The van der Waals surface area contributed by atoms with Crippen molar-refractivity contribution in [2.45, 2.75) is 129 Å². The number of ether oxygens (including phenoxy) is 6. The predicted molar refractivity (Wildman–Crippen MR) is 233 cm³/mol. The number of hydrogen-bond donors (Lipinski definition) is 6. The molecule has 4 rings (SSSR count). The second-order valence-corrected chi connectivity index (χ2v) is 22.3. The maximum Gasteiger partial charge on any atom is 0.333 e. The molecule has 0 aromatic rings. The van der Waals surface area contributed by atoms with Gasteiger partial charge in [-0.2, -0.15) is 0 Å². The Balaban J connectivity index is 0.918. The highest BCUT2D eigenvalue weighted by Gasteiger charge is 2.65. The van der Waals surface area contributed by atoms with E-state index < -0.39 is 18.9 Å². The lowest BCUT2D eigenvalue weighted by molar-refractivity contribution is -0.207. The van der Waals surface area contributed by atoms with Gasteiger partial charge in [0.05, 0.1) is 109 Å². The lowest BCUT2D eigenvalue weighted by atomic mass is 9.43. The van der Waals surface area contributed by atoms with Crippen LogP contribution in [-0.2, 0) is 47.1 Å². The molecule has 0 aliphatic heterocycles. The van der Waals surface area contributed by atoms with E-state index >= 15 is 0 Å². The molecule has 0 spiro atoms. The summed E-state index contributed by atoms with van der Waals surface area (Å²) in [5.41, 5.74) is -0.213. The van der Waals surface area contributed by atoms with Gasteiger partial charge in [0.25, 0.3) is 0 Å². The van der Waals surface area contributed by atoms with E-state index in [0.29, 0.717) is 97.4 Å². The number of amides is 2. The van der Waals surface area contributed by atoms with Crippen molar-refractivity contribution in [2.24, 2.45) is 46.3 Å². The summed E-state index contributed by atoms with van der Waals surface area (Å²) in [5, 5.41) is 38.7. The molecule has 0 heterocycles. The molecular weight excluding hydrogens is 823 g/mol. The van der Waals surface area contributed by atoms with Crippen molar-refractivity contribution in [1.82, 2.24) is 10.6 Å². The Morgan fingerprint density at radius 3 is 1.77 bits per heavy atom. The number of aliphatic hydroxyl groups is 3. The van der Waals surface area contributed by atoms with Gasteiger partial charge in [-0.15, -0.1) is 0 Å². The smallest absolute Gasteiger partial charge is 0.333 e. The molecule has 62 heavy (non-hydrogen) atoms. The Morgan fingerprint density at radius 2 is 1.21 bits per heavy atom. The van der Waals surface area contributed by atoms with Crippen LogP contribution in [0, 0.1) is 46.3 Å². The van der Waals surface area contributed by atoms with Crippen LogP contribution in [0.3, 0.4) is 0 Å². The van der Waals surface area contributed by atoms with Crippen molar-refractivity contribution in [3.05, 3.63) is 0 Å². The Bertz CT molecular complexity index is 1390. The highest BCUT2D eigenvalue weighted by molar-refractivity contribution is 7.54. The minimum Gasteiger partial charge on any atom is -0.393 e. The molecule has 4 aliphatic rings. The third kappa shape index (κ3) is 15.1. The fourth-order valence-corrected chi connectivity index (χ4v) is 11.8. The topological polar surface area (TPSA) is 221 Å². The number of fused-ring (bicyclic) bond motifs is 5. The molecule has 17 heteroatoms. The average molecular weight is 907 g/mol. The van der Waals surface area contributed by atoms with Gasteiger partial charge in [0.15, 0.2) is 0 Å². The van der Waals surface area contributed by atoms with Crippen LogP contribution in [0.25, 0.3) is 0 Å². The molecule has 0 aromatic carbocycles. The van der Waals surface area contributed by atoms with E-state index in [1.807, 2.05) is 0 Å². The van der Waals surface area contributed by atoms with Crippen molar-refractivity contribution in [2.75, 3.05) is 99.0 Å². The van der Waals surface area contributed by atoms with Gasteiger partial charge in [0.1, 0.15) is 0 Å². The van der Waals surface area contributed by atoms with Crippen LogP contribution in [0.1, 0.15) is 106 Å². The first-order valence-electron chi connectivity index (χ1n) is 23.4. The minimum atomic E-state index is -3.68. The molecule has 0 radical (unpaired) electrons. The fraction of sp³-hybridized carbons (Fsp3) is 0.956. The van der Waals surface area contributed by atoms with Crippen LogP contribution < -0.4 is 10.6 Å². The minimum absolute atomic E-state index is 0.00187. The third-order valence-electron chi connectivity index (χ3n) is 14.8. The van der Waals surface area contributed by atoms with Crippen LogP contribution in [0.5, 0.6) is 0 Å². The van der Waals surface area contributed by atoms with Gasteiger partial charge in [0.2, 0.25) is 11.8 Å². The van der Waals surface area contributed by atoms with Crippen molar-refractivity contribution in [3.63, 3.8) is 0 Å². The summed E-state index contributed by atoms with van der Waals surface area (Å²) in [4.78, 5) is 34.6. The van der Waals surface area contributed by atoms with Gasteiger partial charge in [0, 0.05) is 25.9 Å². The summed E-state index contributed by atoms with van der Waals surface area (Å²) >= 11 is 0. The molecule has 6 unspecified atom stereocenters. The van der Waals surface area contributed by atoms with Crippen LogP contribution >= 0.6 is 7.60 Å². The van der Waals surface area contributed by atoms with Gasteiger partial charge < -0.3 is 63.8 Å². The van der Waals surface area contributed by atoms with E-state index in [2.05, 4.69) is 31.4 Å². The molecular formula is C45H83N2O14P. The number of aliphatic hydroxyl groups excluding tert-OH is 3. The molecule has 2 amide bonds. The van der Waals surface area contributed by atoms with Crippen molar-refractivity contribution in [1.29, 1.82) is 0 Å². The molecule has 6 N–H and O–H groups in total. The molecule has 12 atom stereocenters. The number of rotatable bonds is 29. The number of carbonyl (C=O) groups is 2. The first kappa shape index (κ1) is 53.3. The van der Waals surface area contributed by atoms with Crippen LogP contribution in [0.2, 0.25) is 0 Å². The molecule has 0 aromatic heterocycles. The zero-order chi connectivity index (χ0) is 45.4. The van der Waals surface area contributed by atoms with Crippen molar-refractivity contribution < 1.29 is 67.3 Å². The van der Waals surface area contributed by atoms with E-state index in [4.69, 9.17) is 32.9 Å². The highest BCUT2D eigenvalue weighted by atomic mass is 31.2. The summed E-state index contributed by atoms with van der Waals surface area (Å²) in [7, 11) is -3.68. The lowest BCUT2D eigenvalue weighted by Crippen LogP contribution is -2.62. The molecule has 0 saturated heterocycles. The summed E-state index contributed by atoms with van der Waals surface area (Å²) in [5.74, 6) is 1.50. The zero-order valence-corrected chi connectivity index (χ0v) is 39.6. The van der Waals surface area contributed by atoms with Gasteiger partial charge in [-0.1, -0.05) is 20.8 Å². The quantitative estimate of drug-likeness (QED) is 0.0460. The monoisotopic (exact) mass is 907 g/mol. The lowest BCUT2D eigenvalue weighted by Gasteiger charge is -2.63. The van der Waals surface area contributed by atoms with Crippen LogP contribution in [0.15, 0.2) is 0 Å². The molecule has 0 bridgehead atoms. The van der Waals surface area contributed by atoms with E-state index in [0.717, 1.165) is 51.4 Å². The summed E-state index contributed by atoms with van der Waals surface area (Å²) in [6, 6.07) is 0. The predicted octanol–water partition coefficient (Wildman–Crippen LogP) is 4.09. The SMILES string of the molecule is C[C@H](CCC(=O)NCCOCCOCCOCCC(=O)NCCOCCOCCOCCOP(=O)(O)C(C)(C)C)C1CCC2C3C(C[C@H](O)[C@@]21C)[C@@]1(C)CC[C@@H](O)CC1C[C@H]3O. The Morgan fingerprint density at radius 1 is 0.694 bits per heavy atom. The van der Waals surface area contributed by atoms with Crippen LogP contribution in [-0.4, -0.2) is 154 Å². The first-order valence-corrected chi connectivity index (χ1v) is 25.0. The molecule has 16 nitrogen and oxygen atoms in total. The Kier molecular flexibility index (Phi) is 22.0. The van der Waals surface area contributed by atoms with Crippen molar-refractivity contribution in [3.8, 4) is 0 Å². The summed E-state index contributed by atoms with van der Waals surface area (Å²) < 4.78 is 49.9. The Hall–Kier alpha value is -1.27. The normalized spacial score (nSPS) is 32.3. The maximum absolute atomic E-state index is 12.7. The second kappa shape index (κ2) is 25.6. The third-order valence-corrected chi connectivity index (χ3v) is 17.0. The van der Waals surface area contributed by atoms with E-state index in [9.17, 15) is 34.4 Å². The number of nitrogens with one attached hydrogen (secondary N) is 2.